The second kappa shape index (κ2) is 15.8. The molecule has 0 N–H and O–H groups in total. The lowest BCUT2D eigenvalue weighted by molar-refractivity contribution is -0.161. The zero-order valence-electron chi connectivity index (χ0n) is 26.5. The van der Waals surface area contributed by atoms with Gasteiger partial charge in [0.05, 0.1) is 39.5 Å². The van der Waals surface area contributed by atoms with Crippen LogP contribution in [0.4, 0.5) is 0 Å². The number of hydrogen-bond acceptors (Lipinski definition) is 10. The molecule has 0 amide bonds. The van der Waals surface area contributed by atoms with Crippen LogP contribution < -0.4 is 0 Å². The molecule has 0 heterocycles. The van der Waals surface area contributed by atoms with Crippen LogP contribution >= 0.6 is 0 Å². The van der Waals surface area contributed by atoms with E-state index in [4.69, 9.17) is 28.9 Å². The Balaban J connectivity index is 2.31. The number of ether oxygens (including phenoxy) is 4. The van der Waals surface area contributed by atoms with E-state index in [-0.39, 0.29) is 37.3 Å². The summed E-state index contributed by atoms with van der Waals surface area (Å²) in [4.78, 5) is 60.4. The van der Waals surface area contributed by atoms with Gasteiger partial charge in [-0.3, -0.25) is 29.2 Å². The summed E-state index contributed by atoms with van der Waals surface area (Å²) in [6, 6.07) is 0. The van der Waals surface area contributed by atoms with Crippen LogP contribution in [0.3, 0.4) is 0 Å². The minimum Gasteiger partial charge on any atom is -0.465 e. The maximum atomic E-state index is 12.7. The number of carbonyl (C=O) groups is 4. The minimum atomic E-state index is -1.12. The van der Waals surface area contributed by atoms with Crippen molar-refractivity contribution >= 4 is 35.3 Å². The number of hydrogen-bond donors (Lipinski definition) is 0. The van der Waals surface area contributed by atoms with Gasteiger partial charge in [-0.05, 0) is 87.5 Å². The van der Waals surface area contributed by atoms with E-state index in [1.54, 1.807) is 27.7 Å². The zero-order valence-corrected chi connectivity index (χ0v) is 26.5. The van der Waals surface area contributed by atoms with Crippen LogP contribution in [0.5, 0.6) is 0 Å². The predicted molar refractivity (Wildman–Crippen MR) is 160 cm³/mol. The highest BCUT2D eigenvalue weighted by molar-refractivity contribution is 6.04. The molecule has 0 saturated carbocycles. The van der Waals surface area contributed by atoms with E-state index in [0.717, 1.165) is 11.4 Å². The van der Waals surface area contributed by atoms with Gasteiger partial charge < -0.3 is 18.9 Å². The van der Waals surface area contributed by atoms with Gasteiger partial charge in [0, 0.05) is 11.4 Å². The van der Waals surface area contributed by atoms with Crippen molar-refractivity contribution < 1.29 is 38.1 Å². The quantitative estimate of drug-likeness (QED) is 0.129. The van der Waals surface area contributed by atoms with E-state index >= 15 is 0 Å². The number of allylic oxidation sites excluding steroid dienone is 2. The van der Waals surface area contributed by atoms with Crippen molar-refractivity contribution in [3.05, 3.63) is 23.3 Å². The summed E-state index contributed by atoms with van der Waals surface area (Å²) in [5.41, 5.74) is 2.41. The molecule has 2 aliphatic carbocycles. The van der Waals surface area contributed by atoms with Crippen LogP contribution in [0.25, 0.3) is 0 Å². The molecule has 0 unspecified atom stereocenters. The van der Waals surface area contributed by atoms with Crippen molar-refractivity contribution in [1.82, 2.24) is 0 Å². The maximum absolute atomic E-state index is 12.7. The van der Waals surface area contributed by atoms with Crippen LogP contribution in [0.1, 0.15) is 81.1 Å². The summed E-state index contributed by atoms with van der Waals surface area (Å²) in [6.45, 7) is 16.6. The molecule has 0 aromatic heterocycles. The van der Waals surface area contributed by atoms with Crippen LogP contribution in [-0.2, 0) is 38.1 Å². The molecular weight excluding hydrogens is 540 g/mol. The van der Waals surface area contributed by atoms with Gasteiger partial charge >= 0.3 is 23.9 Å². The third kappa shape index (κ3) is 10.2. The molecule has 2 rings (SSSR count). The van der Waals surface area contributed by atoms with E-state index in [9.17, 15) is 19.2 Å². The van der Waals surface area contributed by atoms with Crippen molar-refractivity contribution in [3.8, 4) is 0 Å². The van der Waals surface area contributed by atoms with Gasteiger partial charge in [-0.15, -0.1) is 0 Å². The van der Waals surface area contributed by atoms with Crippen molar-refractivity contribution in [1.29, 1.82) is 0 Å². The summed E-state index contributed by atoms with van der Waals surface area (Å²) < 4.78 is 20.8. The Morgan fingerprint density at radius 2 is 0.881 bits per heavy atom. The second-order valence-corrected chi connectivity index (χ2v) is 12.1. The highest BCUT2D eigenvalue weighted by Crippen LogP contribution is 2.39. The number of rotatable bonds is 13. The molecule has 0 aromatic rings. The first kappa shape index (κ1) is 34.9. The molecule has 0 spiro atoms. The third-order valence-electron chi connectivity index (χ3n) is 6.95. The lowest BCUT2D eigenvalue weighted by Gasteiger charge is -2.33. The van der Waals surface area contributed by atoms with Crippen molar-refractivity contribution in [2.45, 2.75) is 81.1 Å². The van der Waals surface area contributed by atoms with E-state index < -0.39 is 35.7 Å². The Kier molecular flexibility index (Phi) is 13.1. The molecular formula is C32H48N2O8. The van der Waals surface area contributed by atoms with E-state index in [1.807, 2.05) is 12.2 Å². The molecule has 42 heavy (non-hydrogen) atoms. The molecule has 0 aliphatic heterocycles. The smallest absolute Gasteiger partial charge is 0.324 e. The summed E-state index contributed by atoms with van der Waals surface area (Å²) in [5, 5.41) is 0. The Bertz CT molecular complexity index is 1010. The normalized spacial score (nSPS) is 19.8. The predicted octanol–water partition coefficient (Wildman–Crippen LogP) is 4.85. The van der Waals surface area contributed by atoms with Gasteiger partial charge in [-0.25, -0.2) is 0 Å². The van der Waals surface area contributed by atoms with Crippen molar-refractivity contribution in [3.63, 3.8) is 0 Å². The topological polar surface area (TPSA) is 130 Å². The number of nitrogens with zero attached hydrogens (tertiary/aromatic N) is 2. The standard InChI is InChI=1S/C32H48N2O8/c1-9-39-27(35)25(28(36)40-10-2)21-15-23(19-31(5,6)17-21)33-13-14-34-24-16-22(18-32(7,8)20-24)26(29(37)41-11-3)30(38)42-12-4/h15-16,25-26H,9-14,17-20H2,1-8H3. The van der Waals surface area contributed by atoms with Gasteiger partial charge in [0.25, 0.3) is 0 Å². The Labute approximate surface area is 250 Å². The minimum absolute atomic E-state index is 0.167. The molecule has 0 bridgehead atoms. The molecule has 0 aromatic carbocycles. The molecule has 0 radical (unpaired) electrons. The van der Waals surface area contributed by atoms with Gasteiger partial charge in [0.2, 0.25) is 0 Å². The summed E-state index contributed by atoms with van der Waals surface area (Å²) in [6.07, 6.45) is 6.10. The SMILES string of the molecule is CCOC(=O)C(C(=O)OCC)C1=CC(=NCCN=C2C=C(C(C(=O)OCC)C(=O)OCC)CC(C)(C)C2)CC(C)(C)C1. The van der Waals surface area contributed by atoms with Crippen LogP contribution in [0.2, 0.25) is 0 Å². The van der Waals surface area contributed by atoms with E-state index in [0.29, 0.717) is 49.9 Å². The highest BCUT2D eigenvalue weighted by Gasteiger charge is 2.40. The number of aliphatic imine (C=N–C) groups is 2. The van der Waals surface area contributed by atoms with Gasteiger partial charge in [-0.1, -0.05) is 27.7 Å². The van der Waals surface area contributed by atoms with Gasteiger partial charge in [-0.2, -0.15) is 0 Å². The zero-order chi connectivity index (χ0) is 31.5. The van der Waals surface area contributed by atoms with Crippen LogP contribution in [0.15, 0.2) is 33.3 Å². The average molecular weight is 589 g/mol. The van der Waals surface area contributed by atoms with E-state index in [2.05, 4.69) is 27.7 Å². The second-order valence-electron chi connectivity index (χ2n) is 12.1. The molecule has 0 atom stereocenters. The summed E-state index contributed by atoms with van der Waals surface area (Å²) in [5.74, 6) is -4.69. The van der Waals surface area contributed by atoms with Crippen LogP contribution in [0, 0.1) is 22.7 Å². The fraction of sp³-hybridized carbons (Fsp3) is 0.688. The Morgan fingerprint density at radius 1 is 0.595 bits per heavy atom. The first-order valence-electron chi connectivity index (χ1n) is 14.9. The fourth-order valence-corrected chi connectivity index (χ4v) is 5.50. The maximum Gasteiger partial charge on any atom is 0.324 e. The molecule has 0 saturated heterocycles. The highest BCUT2D eigenvalue weighted by atomic mass is 16.6. The van der Waals surface area contributed by atoms with Crippen molar-refractivity contribution in [2.75, 3.05) is 39.5 Å². The Morgan fingerprint density at radius 3 is 1.14 bits per heavy atom. The van der Waals surface area contributed by atoms with Gasteiger partial charge in [0.15, 0.2) is 11.8 Å². The average Bonchev–Trinajstić information content (AvgIpc) is 2.86. The molecule has 10 heteroatoms. The molecule has 234 valence electrons. The molecule has 2 aliphatic rings. The van der Waals surface area contributed by atoms with Crippen molar-refractivity contribution in [2.24, 2.45) is 32.7 Å². The third-order valence-corrected chi connectivity index (χ3v) is 6.95. The number of carbonyl (C=O) groups excluding carboxylic acids is 4. The number of esters is 4. The molecule has 10 nitrogen and oxygen atoms in total. The van der Waals surface area contributed by atoms with Crippen LogP contribution in [-0.4, -0.2) is 74.8 Å². The monoisotopic (exact) mass is 588 g/mol. The lowest BCUT2D eigenvalue weighted by atomic mass is 9.73. The van der Waals surface area contributed by atoms with E-state index in [1.165, 1.54) is 0 Å². The fourth-order valence-electron chi connectivity index (χ4n) is 5.50. The first-order chi connectivity index (χ1) is 19.8. The lowest BCUT2D eigenvalue weighted by Crippen LogP contribution is -2.34. The Hall–Kier alpha value is -3.30. The van der Waals surface area contributed by atoms with Gasteiger partial charge in [0.1, 0.15) is 0 Å². The summed E-state index contributed by atoms with van der Waals surface area (Å²) >= 11 is 0. The largest absolute Gasteiger partial charge is 0.465 e. The first-order valence-corrected chi connectivity index (χ1v) is 14.9. The summed E-state index contributed by atoms with van der Waals surface area (Å²) in [7, 11) is 0. The molecule has 0 fully saturated rings.